The highest BCUT2D eigenvalue weighted by Gasteiger charge is 2.36. The zero-order valence-corrected chi connectivity index (χ0v) is 23.7. The number of aromatic nitrogens is 1. The Kier molecular flexibility index (Phi) is 7.08. The first-order valence-corrected chi connectivity index (χ1v) is 15.5. The van der Waals surface area contributed by atoms with Crippen molar-refractivity contribution in [3.63, 3.8) is 0 Å². The predicted octanol–water partition coefficient (Wildman–Crippen LogP) is 4.33. The lowest BCUT2D eigenvalue weighted by Crippen LogP contribution is -2.49. The fourth-order valence-electron chi connectivity index (χ4n) is 5.98. The summed E-state index contributed by atoms with van der Waals surface area (Å²) in [4.78, 5) is 34.2. The second-order valence-electron chi connectivity index (χ2n) is 10.4. The van der Waals surface area contributed by atoms with Gasteiger partial charge in [-0.05, 0) is 59.9 Å². The van der Waals surface area contributed by atoms with E-state index in [-0.39, 0.29) is 17.9 Å². The van der Waals surface area contributed by atoms with Gasteiger partial charge in [-0.3, -0.25) is 24.4 Å². The van der Waals surface area contributed by atoms with Crippen LogP contribution < -0.4 is 0 Å². The van der Waals surface area contributed by atoms with Crippen molar-refractivity contribution in [2.45, 2.75) is 18.9 Å². The van der Waals surface area contributed by atoms with Crippen LogP contribution in [0, 0.1) is 0 Å². The lowest BCUT2D eigenvalue weighted by atomic mass is 9.95. The first-order valence-electron chi connectivity index (χ1n) is 13.3. The quantitative estimate of drug-likeness (QED) is 0.406. The van der Waals surface area contributed by atoms with Crippen LogP contribution in [0.5, 0.6) is 0 Å². The summed E-state index contributed by atoms with van der Waals surface area (Å²) in [6, 6.07) is 16.6. The first-order chi connectivity index (χ1) is 19.2. The van der Waals surface area contributed by atoms with Crippen LogP contribution in [0.1, 0.15) is 62.0 Å². The average molecular weight is 577 g/mol. The van der Waals surface area contributed by atoms with Gasteiger partial charge in [-0.2, -0.15) is 4.31 Å². The number of piperazine rings is 1. The SMILES string of the molecule is CS(=O)(=O)N1CCN(C2c3ccc(Cl)cc3C=C(CCCN3C(=O)c4ccccc4C3=O)c3cccnc32)CC1. The Morgan fingerprint density at radius 2 is 1.60 bits per heavy atom. The van der Waals surface area contributed by atoms with E-state index in [1.807, 2.05) is 24.3 Å². The minimum Gasteiger partial charge on any atom is -0.288 e. The number of sulfonamides is 1. The number of amides is 2. The fourth-order valence-corrected chi connectivity index (χ4v) is 6.99. The molecule has 0 bridgehead atoms. The Morgan fingerprint density at radius 1 is 0.925 bits per heavy atom. The molecule has 6 rings (SSSR count). The van der Waals surface area contributed by atoms with Gasteiger partial charge < -0.3 is 0 Å². The van der Waals surface area contributed by atoms with Crippen LogP contribution in [0.3, 0.4) is 0 Å². The molecule has 1 atom stereocenters. The largest absolute Gasteiger partial charge is 0.288 e. The number of halogens is 1. The molecule has 3 aromatic rings. The number of nitrogens with zero attached hydrogens (tertiary/aromatic N) is 4. The molecule has 0 radical (unpaired) electrons. The molecule has 3 heterocycles. The van der Waals surface area contributed by atoms with Gasteiger partial charge in [-0.1, -0.05) is 41.9 Å². The van der Waals surface area contributed by atoms with Gasteiger partial charge in [-0.25, -0.2) is 8.42 Å². The maximum Gasteiger partial charge on any atom is 0.261 e. The summed E-state index contributed by atoms with van der Waals surface area (Å²) >= 11 is 6.45. The normalized spacial score (nSPS) is 19.6. The number of hydrogen-bond donors (Lipinski definition) is 0. The van der Waals surface area contributed by atoms with Gasteiger partial charge in [0.25, 0.3) is 11.8 Å². The zero-order valence-electron chi connectivity index (χ0n) is 22.1. The maximum absolute atomic E-state index is 12.9. The Balaban J connectivity index is 1.29. The van der Waals surface area contributed by atoms with E-state index in [0.717, 1.165) is 28.0 Å². The zero-order chi connectivity index (χ0) is 28.0. The van der Waals surface area contributed by atoms with Crippen molar-refractivity contribution in [2.75, 3.05) is 39.0 Å². The van der Waals surface area contributed by atoms with Crippen molar-refractivity contribution in [3.05, 3.63) is 99.3 Å². The molecule has 1 fully saturated rings. The van der Waals surface area contributed by atoms with E-state index < -0.39 is 10.0 Å². The van der Waals surface area contributed by atoms with E-state index in [4.69, 9.17) is 16.6 Å². The highest BCUT2D eigenvalue weighted by Crippen LogP contribution is 2.41. The maximum atomic E-state index is 12.9. The summed E-state index contributed by atoms with van der Waals surface area (Å²) in [6.45, 7) is 2.30. The van der Waals surface area contributed by atoms with Crippen molar-refractivity contribution in [3.8, 4) is 0 Å². The van der Waals surface area contributed by atoms with E-state index in [0.29, 0.717) is 61.7 Å². The van der Waals surface area contributed by atoms with E-state index in [1.54, 1.807) is 30.5 Å². The molecule has 3 aliphatic rings. The molecule has 1 unspecified atom stereocenters. The summed E-state index contributed by atoms with van der Waals surface area (Å²) in [5, 5.41) is 0.625. The standard InChI is InChI=1S/C30H29ClN4O4S/c1-40(38,39)34-16-14-33(15-17-34)28-24-11-10-22(31)19-21(24)18-20(23-9-4-12-32-27(23)28)6-5-13-35-29(36)25-7-2-3-8-26(25)30(35)37/h2-4,7-12,18-19,28H,5-6,13-17H2,1H3. The molecular formula is C30H29ClN4O4S. The van der Waals surface area contributed by atoms with Crippen LogP contribution in [0.15, 0.2) is 60.8 Å². The molecule has 2 aromatic carbocycles. The molecule has 0 N–H and O–H groups in total. The molecule has 2 amide bonds. The Labute approximate surface area is 238 Å². The van der Waals surface area contributed by atoms with Gasteiger partial charge in [0.1, 0.15) is 0 Å². The minimum absolute atomic E-state index is 0.171. The third kappa shape index (κ3) is 4.88. The number of carbonyl (C=O) groups is 2. The number of allylic oxidation sites excluding steroid dienone is 1. The smallest absolute Gasteiger partial charge is 0.261 e. The van der Waals surface area contributed by atoms with Gasteiger partial charge in [0.15, 0.2) is 0 Å². The summed E-state index contributed by atoms with van der Waals surface area (Å²) in [5.74, 6) is -0.495. The number of pyridine rings is 1. The minimum atomic E-state index is -3.25. The van der Waals surface area contributed by atoms with Crippen LogP contribution in [0.4, 0.5) is 0 Å². The van der Waals surface area contributed by atoms with Crippen molar-refractivity contribution in [2.24, 2.45) is 0 Å². The van der Waals surface area contributed by atoms with E-state index in [1.165, 1.54) is 15.5 Å². The number of benzene rings is 2. The first kappa shape index (κ1) is 26.8. The summed E-state index contributed by atoms with van der Waals surface area (Å²) < 4.78 is 25.8. The van der Waals surface area contributed by atoms with Crippen LogP contribution in [0.25, 0.3) is 11.6 Å². The molecule has 8 nitrogen and oxygen atoms in total. The third-order valence-electron chi connectivity index (χ3n) is 7.93. The summed E-state index contributed by atoms with van der Waals surface area (Å²) in [7, 11) is -3.25. The molecule has 40 heavy (non-hydrogen) atoms. The Morgan fingerprint density at radius 3 is 2.27 bits per heavy atom. The molecule has 0 spiro atoms. The number of rotatable bonds is 6. The average Bonchev–Trinajstić information content (AvgIpc) is 3.10. The number of carbonyl (C=O) groups excluding carboxylic acids is 2. The molecule has 1 saturated heterocycles. The van der Waals surface area contributed by atoms with Crippen molar-refractivity contribution >= 4 is 45.1 Å². The van der Waals surface area contributed by atoms with E-state index in [2.05, 4.69) is 17.0 Å². The van der Waals surface area contributed by atoms with Crippen LogP contribution >= 0.6 is 11.6 Å². The Hall–Kier alpha value is -3.37. The van der Waals surface area contributed by atoms with Crippen LogP contribution in [-0.2, 0) is 10.0 Å². The summed E-state index contributed by atoms with van der Waals surface area (Å²) in [6.07, 6.45) is 6.40. The molecule has 206 valence electrons. The van der Waals surface area contributed by atoms with Crippen LogP contribution in [0.2, 0.25) is 5.02 Å². The van der Waals surface area contributed by atoms with Crippen LogP contribution in [-0.4, -0.2) is 78.3 Å². The third-order valence-corrected chi connectivity index (χ3v) is 9.47. The van der Waals surface area contributed by atoms with Gasteiger partial charge in [0, 0.05) is 49.5 Å². The summed E-state index contributed by atoms with van der Waals surface area (Å²) in [5.41, 5.74) is 5.93. The lowest BCUT2D eigenvalue weighted by Gasteiger charge is -2.39. The van der Waals surface area contributed by atoms with Gasteiger partial charge >= 0.3 is 0 Å². The van der Waals surface area contributed by atoms with Gasteiger partial charge in [0.2, 0.25) is 10.0 Å². The van der Waals surface area contributed by atoms with Gasteiger partial charge in [-0.15, -0.1) is 0 Å². The molecule has 1 aromatic heterocycles. The number of fused-ring (bicyclic) bond motifs is 3. The van der Waals surface area contributed by atoms with Gasteiger partial charge in [0.05, 0.1) is 29.1 Å². The number of hydrogen-bond acceptors (Lipinski definition) is 6. The van der Waals surface area contributed by atoms with Crippen molar-refractivity contribution in [1.29, 1.82) is 0 Å². The second-order valence-corrected chi connectivity index (χ2v) is 12.8. The highest BCUT2D eigenvalue weighted by atomic mass is 35.5. The molecule has 10 heteroatoms. The van der Waals surface area contributed by atoms with Crippen molar-refractivity contribution in [1.82, 2.24) is 19.1 Å². The molecular weight excluding hydrogens is 548 g/mol. The monoisotopic (exact) mass is 576 g/mol. The lowest BCUT2D eigenvalue weighted by molar-refractivity contribution is 0.0653. The molecule has 2 aliphatic heterocycles. The molecule has 0 saturated carbocycles. The fraction of sp³-hybridized carbons (Fsp3) is 0.300. The Bertz CT molecular complexity index is 1610. The predicted molar refractivity (Wildman–Crippen MR) is 154 cm³/mol. The topological polar surface area (TPSA) is 90.9 Å². The molecule has 1 aliphatic carbocycles. The second kappa shape index (κ2) is 10.6. The van der Waals surface area contributed by atoms with Crippen molar-refractivity contribution < 1.29 is 18.0 Å². The van der Waals surface area contributed by atoms with E-state index in [9.17, 15) is 18.0 Å². The number of imide groups is 1. The highest BCUT2D eigenvalue weighted by molar-refractivity contribution is 7.88. The van der Waals surface area contributed by atoms with E-state index >= 15 is 0 Å².